The molecule has 1 unspecified atom stereocenters. The van der Waals surface area contributed by atoms with Crippen LogP contribution in [0.4, 0.5) is 4.79 Å². The zero-order valence-electron chi connectivity index (χ0n) is 11.0. The third-order valence-corrected chi connectivity index (χ3v) is 3.40. The van der Waals surface area contributed by atoms with Gasteiger partial charge < -0.3 is 15.2 Å². The first-order chi connectivity index (χ1) is 7.78. The summed E-state index contributed by atoms with van der Waals surface area (Å²) in [6.07, 6.45) is 0.224. The molecule has 5 nitrogen and oxygen atoms in total. The van der Waals surface area contributed by atoms with E-state index in [1.165, 1.54) is 0 Å². The maximum absolute atomic E-state index is 11.5. The van der Waals surface area contributed by atoms with E-state index >= 15 is 0 Å². The number of ether oxygens (including phenoxy) is 1. The molecular weight excluding hydrogens is 242 g/mol. The second-order valence-corrected chi connectivity index (χ2v) is 6.46. The number of amides is 1. The zero-order chi connectivity index (χ0) is 13.5. The van der Waals surface area contributed by atoms with E-state index in [0.29, 0.717) is 5.75 Å². The minimum atomic E-state index is -1.02. The summed E-state index contributed by atoms with van der Waals surface area (Å²) >= 11 is 0. The first kappa shape index (κ1) is 16.4. The van der Waals surface area contributed by atoms with Gasteiger partial charge in [-0.05, 0) is 27.2 Å². The number of aliphatic hydroxyl groups excluding tert-OH is 1. The van der Waals surface area contributed by atoms with Gasteiger partial charge in [0.1, 0.15) is 5.60 Å². The Balaban J connectivity index is 4.13. The Bertz CT molecular complexity index is 263. The van der Waals surface area contributed by atoms with Gasteiger partial charge in [-0.1, -0.05) is 6.92 Å². The SMILES string of the molecule is CCCS(=O)C[C@H](CO)NC(=O)OC(C)(C)C. The van der Waals surface area contributed by atoms with Crippen LogP contribution in [0.25, 0.3) is 0 Å². The molecule has 0 aliphatic rings. The van der Waals surface area contributed by atoms with Crippen molar-refractivity contribution in [1.29, 1.82) is 0 Å². The van der Waals surface area contributed by atoms with Gasteiger partial charge in [0.15, 0.2) is 0 Å². The highest BCUT2D eigenvalue weighted by atomic mass is 32.2. The van der Waals surface area contributed by atoms with E-state index in [-0.39, 0.29) is 12.4 Å². The predicted molar refractivity (Wildman–Crippen MR) is 68.4 cm³/mol. The third-order valence-electron chi connectivity index (χ3n) is 1.76. The summed E-state index contributed by atoms with van der Waals surface area (Å²) in [6, 6.07) is -0.516. The molecule has 2 N–H and O–H groups in total. The van der Waals surface area contributed by atoms with Crippen LogP contribution in [-0.4, -0.2) is 45.2 Å². The van der Waals surface area contributed by atoms with Crippen molar-refractivity contribution in [2.24, 2.45) is 0 Å². The fraction of sp³-hybridized carbons (Fsp3) is 0.909. The Hall–Kier alpha value is -0.620. The van der Waals surface area contributed by atoms with Gasteiger partial charge in [0.2, 0.25) is 0 Å². The molecule has 0 saturated carbocycles. The van der Waals surface area contributed by atoms with Crippen LogP contribution in [0.5, 0.6) is 0 Å². The van der Waals surface area contributed by atoms with Gasteiger partial charge in [-0.2, -0.15) is 0 Å². The van der Waals surface area contributed by atoms with Crippen molar-refractivity contribution in [1.82, 2.24) is 5.32 Å². The molecule has 0 aromatic rings. The van der Waals surface area contributed by atoms with Crippen LogP contribution in [0.15, 0.2) is 0 Å². The molecule has 0 aromatic heterocycles. The molecule has 0 aromatic carbocycles. The molecule has 0 aliphatic heterocycles. The normalized spacial score (nSPS) is 15.1. The predicted octanol–water partition coefficient (Wildman–Crippen LogP) is 1.03. The highest BCUT2D eigenvalue weighted by molar-refractivity contribution is 7.85. The first-order valence-electron chi connectivity index (χ1n) is 5.73. The number of alkyl carbamates (subject to hydrolysis) is 1. The van der Waals surface area contributed by atoms with Crippen molar-refractivity contribution in [3.63, 3.8) is 0 Å². The average molecular weight is 265 g/mol. The number of carbonyl (C=O) groups is 1. The van der Waals surface area contributed by atoms with Crippen molar-refractivity contribution < 1.29 is 18.8 Å². The van der Waals surface area contributed by atoms with Crippen molar-refractivity contribution in [2.45, 2.75) is 45.8 Å². The van der Waals surface area contributed by atoms with Crippen LogP contribution in [0.1, 0.15) is 34.1 Å². The molecule has 0 saturated heterocycles. The van der Waals surface area contributed by atoms with Crippen LogP contribution in [0, 0.1) is 0 Å². The molecule has 0 fully saturated rings. The molecule has 0 aliphatic carbocycles. The van der Waals surface area contributed by atoms with Gasteiger partial charge in [0, 0.05) is 22.3 Å². The summed E-state index contributed by atoms with van der Waals surface area (Å²) < 4.78 is 16.5. The lowest BCUT2D eigenvalue weighted by atomic mass is 10.2. The molecule has 0 rings (SSSR count). The summed E-state index contributed by atoms with van der Waals surface area (Å²) in [4.78, 5) is 11.4. The second-order valence-electron chi connectivity index (χ2n) is 4.84. The second kappa shape index (κ2) is 7.66. The molecule has 2 atom stereocenters. The Morgan fingerprint density at radius 1 is 1.47 bits per heavy atom. The Labute approximate surface area is 105 Å². The van der Waals surface area contributed by atoms with Crippen LogP contribution in [-0.2, 0) is 15.5 Å². The smallest absolute Gasteiger partial charge is 0.407 e. The summed E-state index contributed by atoms with van der Waals surface area (Å²) in [7, 11) is -1.02. The van der Waals surface area contributed by atoms with Crippen molar-refractivity contribution in [3.05, 3.63) is 0 Å². The van der Waals surface area contributed by atoms with Crippen LogP contribution in [0.3, 0.4) is 0 Å². The Morgan fingerprint density at radius 3 is 2.47 bits per heavy atom. The minimum absolute atomic E-state index is 0.241. The number of aliphatic hydroxyl groups is 1. The van der Waals surface area contributed by atoms with Gasteiger partial charge in [0.25, 0.3) is 0 Å². The van der Waals surface area contributed by atoms with E-state index in [2.05, 4.69) is 5.32 Å². The highest BCUT2D eigenvalue weighted by Gasteiger charge is 2.20. The average Bonchev–Trinajstić information content (AvgIpc) is 2.13. The first-order valence-corrected chi connectivity index (χ1v) is 7.22. The van der Waals surface area contributed by atoms with E-state index in [1.54, 1.807) is 20.8 Å². The molecule has 0 bridgehead atoms. The van der Waals surface area contributed by atoms with Gasteiger partial charge >= 0.3 is 6.09 Å². The molecule has 0 heterocycles. The largest absolute Gasteiger partial charge is 0.444 e. The van der Waals surface area contributed by atoms with Crippen LogP contribution in [0.2, 0.25) is 0 Å². The minimum Gasteiger partial charge on any atom is -0.444 e. The lowest BCUT2D eigenvalue weighted by Gasteiger charge is -2.22. The van der Waals surface area contributed by atoms with E-state index < -0.39 is 28.5 Å². The number of carbonyl (C=O) groups excluding carboxylic acids is 1. The van der Waals surface area contributed by atoms with E-state index in [4.69, 9.17) is 9.84 Å². The summed E-state index contributed by atoms with van der Waals surface area (Å²) in [5.41, 5.74) is -0.577. The van der Waals surface area contributed by atoms with E-state index in [1.807, 2.05) is 6.92 Å². The molecule has 6 heteroatoms. The monoisotopic (exact) mass is 265 g/mol. The number of hydrogen-bond acceptors (Lipinski definition) is 4. The maximum Gasteiger partial charge on any atom is 0.407 e. The molecule has 17 heavy (non-hydrogen) atoms. The number of rotatable bonds is 6. The van der Waals surface area contributed by atoms with E-state index in [9.17, 15) is 9.00 Å². The number of nitrogens with one attached hydrogen (secondary N) is 1. The summed E-state index contributed by atoms with van der Waals surface area (Å²) in [5, 5.41) is 11.6. The van der Waals surface area contributed by atoms with Crippen LogP contribution < -0.4 is 5.32 Å². The molecular formula is C11H23NO4S. The van der Waals surface area contributed by atoms with Gasteiger partial charge in [-0.15, -0.1) is 0 Å². The molecule has 102 valence electrons. The molecule has 0 spiro atoms. The Kier molecular flexibility index (Phi) is 7.38. The zero-order valence-corrected chi connectivity index (χ0v) is 11.8. The fourth-order valence-corrected chi connectivity index (χ4v) is 2.41. The van der Waals surface area contributed by atoms with Crippen molar-refractivity contribution in [2.75, 3.05) is 18.1 Å². The van der Waals surface area contributed by atoms with Gasteiger partial charge in [-0.25, -0.2) is 4.79 Å². The number of hydrogen-bond donors (Lipinski definition) is 2. The lowest BCUT2D eigenvalue weighted by Crippen LogP contribution is -2.44. The lowest BCUT2D eigenvalue weighted by molar-refractivity contribution is 0.0491. The highest BCUT2D eigenvalue weighted by Crippen LogP contribution is 2.06. The summed E-state index contributed by atoms with van der Waals surface area (Å²) in [6.45, 7) is 6.98. The van der Waals surface area contributed by atoms with Gasteiger partial charge in [-0.3, -0.25) is 4.21 Å². The van der Waals surface area contributed by atoms with Gasteiger partial charge in [0.05, 0.1) is 12.6 Å². The topological polar surface area (TPSA) is 75.6 Å². The Morgan fingerprint density at radius 2 is 2.06 bits per heavy atom. The van der Waals surface area contributed by atoms with Crippen molar-refractivity contribution in [3.8, 4) is 0 Å². The summed E-state index contributed by atoms with van der Waals surface area (Å²) in [5.74, 6) is 0.829. The standard InChI is InChI=1S/C11H23NO4S/c1-5-6-17(15)8-9(7-13)12-10(14)16-11(2,3)4/h9,13H,5-8H2,1-4H3,(H,12,14)/t9-,17?/m0/s1. The molecule has 1 amide bonds. The molecule has 0 radical (unpaired) electrons. The quantitative estimate of drug-likeness (QED) is 0.752. The van der Waals surface area contributed by atoms with E-state index in [0.717, 1.165) is 6.42 Å². The van der Waals surface area contributed by atoms with Crippen molar-refractivity contribution >= 4 is 16.9 Å². The fourth-order valence-electron chi connectivity index (χ4n) is 1.15. The van der Waals surface area contributed by atoms with Crippen LogP contribution >= 0.6 is 0 Å². The maximum atomic E-state index is 11.5. The third kappa shape index (κ3) is 9.12.